The Labute approximate surface area is 153 Å². The van der Waals surface area contributed by atoms with Crippen molar-refractivity contribution >= 4 is 5.82 Å². The summed E-state index contributed by atoms with van der Waals surface area (Å²) in [6, 6.07) is 14.2. The molecule has 0 atom stereocenters. The van der Waals surface area contributed by atoms with Gasteiger partial charge in [0.25, 0.3) is 0 Å². The van der Waals surface area contributed by atoms with Gasteiger partial charge >= 0.3 is 0 Å². The fourth-order valence-corrected chi connectivity index (χ4v) is 3.58. The van der Waals surface area contributed by atoms with Gasteiger partial charge in [0.05, 0.1) is 18.1 Å². The molecular formula is C22H22FN3. The molecule has 1 saturated carbocycles. The number of rotatable bonds is 5. The summed E-state index contributed by atoms with van der Waals surface area (Å²) in [5.41, 5.74) is 9.85. The molecule has 1 heterocycles. The van der Waals surface area contributed by atoms with E-state index < -0.39 is 0 Å². The highest BCUT2D eigenvalue weighted by Crippen LogP contribution is 2.40. The molecule has 26 heavy (non-hydrogen) atoms. The average Bonchev–Trinajstić information content (AvgIpc) is 2.62. The fourth-order valence-electron chi connectivity index (χ4n) is 3.58. The number of halogens is 1. The molecule has 0 spiro atoms. The maximum atomic E-state index is 15.4. The lowest BCUT2D eigenvalue weighted by atomic mass is 9.77. The first kappa shape index (κ1) is 16.7. The van der Waals surface area contributed by atoms with Crippen LogP contribution >= 0.6 is 0 Å². The van der Waals surface area contributed by atoms with Crippen molar-refractivity contribution in [2.75, 3.05) is 5.73 Å². The van der Waals surface area contributed by atoms with Gasteiger partial charge in [-0.05, 0) is 54.4 Å². The lowest BCUT2D eigenvalue weighted by Crippen LogP contribution is -2.13. The predicted molar refractivity (Wildman–Crippen MR) is 102 cm³/mol. The molecule has 0 saturated heterocycles. The maximum absolute atomic E-state index is 15.4. The molecule has 2 N–H and O–H groups in total. The lowest BCUT2D eigenvalue weighted by Gasteiger charge is -2.29. The third-order valence-electron chi connectivity index (χ3n) is 5.28. The number of nitrogens with two attached hydrogens (primary N) is 1. The van der Waals surface area contributed by atoms with Gasteiger partial charge in [0, 0.05) is 5.56 Å². The second-order valence-corrected chi connectivity index (χ2v) is 6.93. The highest BCUT2D eigenvalue weighted by atomic mass is 19.1. The molecule has 0 radical (unpaired) electrons. The van der Waals surface area contributed by atoms with Crippen molar-refractivity contribution in [3.05, 3.63) is 77.4 Å². The van der Waals surface area contributed by atoms with Crippen LogP contribution in [0.15, 0.2) is 54.9 Å². The lowest BCUT2D eigenvalue weighted by molar-refractivity contribution is 0.414. The molecule has 3 nitrogen and oxygen atoms in total. The van der Waals surface area contributed by atoms with E-state index in [9.17, 15) is 0 Å². The number of hydrogen-bond acceptors (Lipinski definition) is 3. The Bertz CT molecular complexity index is 887. The molecule has 4 heteroatoms. The molecule has 132 valence electrons. The smallest absolute Gasteiger partial charge is 0.141 e. The summed E-state index contributed by atoms with van der Waals surface area (Å²) in [5.74, 6) is 0.663. The van der Waals surface area contributed by atoms with Crippen molar-refractivity contribution in [3.8, 4) is 11.3 Å². The van der Waals surface area contributed by atoms with Gasteiger partial charge in [-0.2, -0.15) is 0 Å². The molecule has 1 fully saturated rings. The Morgan fingerprint density at radius 1 is 0.962 bits per heavy atom. The molecule has 0 aliphatic heterocycles. The van der Waals surface area contributed by atoms with Crippen LogP contribution in [0.1, 0.15) is 41.9 Å². The molecule has 2 aromatic carbocycles. The highest BCUT2D eigenvalue weighted by Gasteiger charge is 2.25. The number of anilines is 1. The van der Waals surface area contributed by atoms with Gasteiger partial charge in [0.2, 0.25) is 0 Å². The number of hydrogen-bond donors (Lipinski definition) is 1. The zero-order chi connectivity index (χ0) is 17.9. The number of aromatic nitrogens is 2. The molecule has 4 rings (SSSR count). The van der Waals surface area contributed by atoms with Gasteiger partial charge < -0.3 is 5.73 Å². The van der Waals surface area contributed by atoms with E-state index in [0.29, 0.717) is 29.4 Å². The van der Waals surface area contributed by atoms with E-state index in [2.05, 4.69) is 28.2 Å². The van der Waals surface area contributed by atoms with E-state index >= 15 is 4.39 Å². The summed E-state index contributed by atoms with van der Waals surface area (Å²) in [4.78, 5) is 8.30. The summed E-state index contributed by atoms with van der Waals surface area (Å²) >= 11 is 0. The van der Waals surface area contributed by atoms with E-state index in [-0.39, 0.29) is 5.82 Å². The van der Waals surface area contributed by atoms with Crippen LogP contribution in [0.4, 0.5) is 10.2 Å². The van der Waals surface area contributed by atoms with Gasteiger partial charge in [0.15, 0.2) is 0 Å². The van der Waals surface area contributed by atoms with Crippen molar-refractivity contribution in [3.63, 3.8) is 0 Å². The second kappa shape index (κ2) is 7.24. The normalized spacial score (nSPS) is 14.2. The molecule has 0 unspecified atom stereocenters. The summed E-state index contributed by atoms with van der Waals surface area (Å²) in [6.07, 6.45) is 8.06. The summed E-state index contributed by atoms with van der Waals surface area (Å²) in [6.45, 7) is 0. The minimum atomic E-state index is -0.163. The van der Waals surface area contributed by atoms with Crippen LogP contribution in [0.25, 0.3) is 11.3 Å². The van der Waals surface area contributed by atoms with Crippen LogP contribution in [-0.2, 0) is 12.8 Å². The Hall–Kier alpha value is -2.75. The van der Waals surface area contributed by atoms with E-state index in [4.69, 9.17) is 5.73 Å². The van der Waals surface area contributed by atoms with Crippen LogP contribution in [0.3, 0.4) is 0 Å². The Balaban J connectivity index is 1.70. The molecule has 1 aliphatic rings. The van der Waals surface area contributed by atoms with Crippen LogP contribution < -0.4 is 5.73 Å². The topological polar surface area (TPSA) is 51.8 Å². The second-order valence-electron chi connectivity index (χ2n) is 6.93. The Morgan fingerprint density at radius 2 is 1.77 bits per heavy atom. The third-order valence-corrected chi connectivity index (χ3v) is 5.28. The van der Waals surface area contributed by atoms with Gasteiger partial charge in [0.1, 0.15) is 11.6 Å². The fraction of sp³-hybridized carbons (Fsp3) is 0.273. The van der Waals surface area contributed by atoms with E-state index in [1.807, 2.05) is 24.3 Å². The third kappa shape index (κ3) is 3.32. The van der Waals surface area contributed by atoms with Gasteiger partial charge in [-0.3, -0.25) is 4.98 Å². The quantitative estimate of drug-likeness (QED) is 0.713. The minimum Gasteiger partial charge on any atom is -0.382 e. The highest BCUT2D eigenvalue weighted by molar-refractivity contribution is 5.62. The van der Waals surface area contributed by atoms with Crippen LogP contribution in [0.2, 0.25) is 0 Å². The molecule has 0 amide bonds. The SMILES string of the molecule is Nc1cnc(-c2ccc(C3CCC3)c(CCc3ccccc3)c2F)cn1. The van der Waals surface area contributed by atoms with Crippen LogP contribution in [0.5, 0.6) is 0 Å². The van der Waals surface area contributed by atoms with Crippen molar-refractivity contribution in [1.29, 1.82) is 0 Å². The monoisotopic (exact) mass is 347 g/mol. The molecular weight excluding hydrogens is 325 g/mol. The van der Waals surface area contributed by atoms with Crippen molar-refractivity contribution in [1.82, 2.24) is 9.97 Å². The molecule has 1 aliphatic carbocycles. The number of nitrogens with zero attached hydrogens (tertiary/aromatic N) is 2. The average molecular weight is 347 g/mol. The van der Waals surface area contributed by atoms with Gasteiger partial charge in [-0.1, -0.05) is 42.8 Å². The standard InChI is InChI=1S/C22H22FN3/c23-22-18(10-9-15-5-2-1-3-6-15)17(16-7-4-8-16)11-12-19(22)20-13-26-21(24)14-25-20/h1-3,5-6,11-14,16H,4,7-10H2,(H2,24,26). The number of benzene rings is 2. The zero-order valence-electron chi connectivity index (χ0n) is 14.7. The van der Waals surface area contributed by atoms with Gasteiger partial charge in [-0.25, -0.2) is 9.37 Å². The van der Waals surface area contributed by atoms with Crippen molar-refractivity contribution in [2.45, 2.75) is 38.0 Å². The number of nitrogen functional groups attached to an aromatic ring is 1. The zero-order valence-corrected chi connectivity index (χ0v) is 14.7. The maximum Gasteiger partial charge on any atom is 0.141 e. The molecule has 0 bridgehead atoms. The first-order valence-electron chi connectivity index (χ1n) is 9.15. The summed E-state index contributed by atoms with van der Waals surface area (Å²) in [5, 5.41) is 0. The van der Waals surface area contributed by atoms with Crippen molar-refractivity contribution < 1.29 is 4.39 Å². The van der Waals surface area contributed by atoms with E-state index in [1.165, 1.54) is 24.4 Å². The van der Waals surface area contributed by atoms with Gasteiger partial charge in [-0.15, -0.1) is 0 Å². The first-order valence-corrected chi connectivity index (χ1v) is 9.15. The van der Waals surface area contributed by atoms with E-state index in [1.54, 1.807) is 0 Å². The van der Waals surface area contributed by atoms with Crippen LogP contribution in [-0.4, -0.2) is 9.97 Å². The Morgan fingerprint density at radius 3 is 2.42 bits per heavy atom. The van der Waals surface area contributed by atoms with Crippen molar-refractivity contribution in [2.24, 2.45) is 0 Å². The largest absolute Gasteiger partial charge is 0.382 e. The summed E-state index contributed by atoms with van der Waals surface area (Å²) < 4.78 is 15.4. The molecule has 1 aromatic heterocycles. The Kier molecular flexibility index (Phi) is 4.65. The summed E-state index contributed by atoms with van der Waals surface area (Å²) in [7, 11) is 0. The first-order chi connectivity index (χ1) is 12.7. The minimum absolute atomic E-state index is 0.163. The molecule has 3 aromatic rings. The predicted octanol–water partition coefficient (Wildman–Crippen LogP) is 4.92. The van der Waals surface area contributed by atoms with E-state index in [0.717, 1.165) is 30.4 Å². The van der Waals surface area contributed by atoms with Crippen LogP contribution in [0, 0.1) is 5.82 Å². The number of aryl methyl sites for hydroxylation is 1.